The van der Waals surface area contributed by atoms with Crippen LogP contribution in [-0.4, -0.2) is 6.29 Å². The summed E-state index contributed by atoms with van der Waals surface area (Å²) in [4.78, 5) is 10.0. The van der Waals surface area contributed by atoms with Crippen LogP contribution >= 0.6 is 23.2 Å². The maximum Gasteiger partial charge on any atom is 0.142 e. The lowest BCUT2D eigenvalue weighted by Gasteiger charge is -1.98. The molecule has 12 heavy (non-hydrogen) atoms. The van der Waals surface area contributed by atoms with Gasteiger partial charge in [-0.1, -0.05) is 41.4 Å². The van der Waals surface area contributed by atoms with Crippen molar-refractivity contribution in [2.75, 3.05) is 0 Å². The van der Waals surface area contributed by atoms with Gasteiger partial charge in [-0.15, -0.1) is 0 Å². The molecule has 0 saturated heterocycles. The minimum absolute atomic E-state index is 0.470. The highest BCUT2D eigenvalue weighted by atomic mass is 35.5. The van der Waals surface area contributed by atoms with Gasteiger partial charge in [0.25, 0.3) is 0 Å². The molecule has 0 heterocycles. The van der Waals surface area contributed by atoms with Crippen LogP contribution in [0.25, 0.3) is 6.08 Å². The van der Waals surface area contributed by atoms with Crippen LogP contribution in [0.2, 0.25) is 10.0 Å². The Morgan fingerprint density at radius 3 is 2.67 bits per heavy atom. The highest BCUT2D eigenvalue weighted by Crippen LogP contribution is 2.26. The molecule has 0 atom stereocenters. The Balaban J connectivity index is 3.07. The van der Waals surface area contributed by atoms with Gasteiger partial charge in [0.2, 0.25) is 0 Å². The molecule has 0 aliphatic rings. The van der Waals surface area contributed by atoms with Crippen LogP contribution in [0.15, 0.2) is 24.3 Å². The summed E-state index contributed by atoms with van der Waals surface area (Å²) in [5.41, 5.74) is 0.747. The molecular formula is C9H6Cl2O. The van der Waals surface area contributed by atoms with Crippen molar-refractivity contribution < 1.29 is 4.79 Å². The molecule has 0 spiro atoms. The number of halogens is 2. The van der Waals surface area contributed by atoms with E-state index in [1.54, 1.807) is 24.3 Å². The third kappa shape index (κ3) is 2.10. The molecule has 0 saturated carbocycles. The molecule has 62 valence electrons. The second-order valence-electron chi connectivity index (χ2n) is 2.14. The Morgan fingerprint density at radius 1 is 1.25 bits per heavy atom. The summed E-state index contributed by atoms with van der Waals surface area (Å²) in [6.07, 6.45) is 3.68. The Hall–Kier alpha value is -0.790. The zero-order valence-corrected chi connectivity index (χ0v) is 7.64. The number of carbonyl (C=O) groups excluding carboxylic acids is 1. The normalized spacial score (nSPS) is 10.5. The van der Waals surface area contributed by atoms with Crippen LogP contribution in [0, 0.1) is 0 Å². The van der Waals surface area contributed by atoms with Gasteiger partial charge in [0.1, 0.15) is 6.29 Å². The largest absolute Gasteiger partial charge is 0.299 e. The van der Waals surface area contributed by atoms with Crippen LogP contribution in [0.4, 0.5) is 0 Å². The van der Waals surface area contributed by atoms with E-state index in [-0.39, 0.29) is 0 Å². The van der Waals surface area contributed by atoms with Gasteiger partial charge in [-0.25, -0.2) is 0 Å². The lowest BCUT2D eigenvalue weighted by Crippen LogP contribution is -1.75. The molecule has 0 bridgehead atoms. The molecule has 1 rings (SSSR count). The van der Waals surface area contributed by atoms with Gasteiger partial charge >= 0.3 is 0 Å². The van der Waals surface area contributed by atoms with Crippen molar-refractivity contribution in [2.45, 2.75) is 0 Å². The van der Waals surface area contributed by atoms with E-state index in [0.29, 0.717) is 16.3 Å². The van der Waals surface area contributed by atoms with Gasteiger partial charge in [-0.05, 0) is 17.7 Å². The van der Waals surface area contributed by atoms with E-state index in [9.17, 15) is 4.79 Å². The molecule has 1 aromatic carbocycles. The highest BCUT2D eigenvalue weighted by molar-refractivity contribution is 6.42. The molecule has 0 N–H and O–H groups in total. The molecule has 0 aliphatic carbocycles. The summed E-state index contributed by atoms with van der Waals surface area (Å²) < 4.78 is 0. The number of rotatable bonds is 2. The van der Waals surface area contributed by atoms with Gasteiger partial charge in [-0.2, -0.15) is 0 Å². The van der Waals surface area contributed by atoms with Crippen LogP contribution < -0.4 is 0 Å². The molecule has 3 heteroatoms. The van der Waals surface area contributed by atoms with Crippen LogP contribution in [0.3, 0.4) is 0 Å². The average molecular weight is 201 g/mol. The van der Waals surface area contributed by atoms with E-state index in [2.05, 4.69) is 0 Å². The maximum absolute atomic E-state index is 10.0. The summed E-state index contributed by atoms with van der Waals surface area (Å²) in [6.45, 7) is 0. The zero-order valence-electron chi connectivity index (χ0n) is 6.13. The molecule has 0 aliphatic heterocycles. The summed E-state index contributed by atoms with van der Waals surface area (Å²) in [5.74, 6) is 0. The summed E-state index contributed by atoms with van der Waals surface area (Å²) in [5, 5.41) is 0.960. The number of carbonyl (C=O) groups is 1. The molecule has 0 fully saturated rings. The van der Waals surface area contributed by atoms with E-state index in [1.807, 2.05) is 0 Å². The fourth-order valence-electron chi connectivity index (χ4n) is 0.792. The Kier molecular flexibility index (Phi) is 3.32. The predicted octanol–water partition coefficient (Wildman–Crippen LogP) is 3.21. The fourth-order valence-corrected chi connectivity index (χ4v) is 1.16. The van der Waals surface area contributed by atoms with E-state index in [1.165, 1.54) is 6.08 Å². The zero-order chi connectivity index (χ0) is 8.97. The Bertz CT molecular complexity index is 318. The van der Waals surface area contributed by atoms with Crippen LogP contribution in [0.5, 0.6) is 0 Å². The van der Waals surface area contributed by atoms with Gasteiger partial charge in [-0.3, -0.25) is 4.79 Å². The minimum Gasteiger partial charge on any atom is -0.299 e. The van der Waals surface area contributed by atoms with Crippen molar-refractivity contribution in [1.82, 2.24) is 0 Å². The van der Waals surface area contributed by atoms with Crippen LogP contribution in [0.1, 0.15) is 5.56 Å². The minimum atomic E-state index is 0.470. The lowest BCUT2D eigenvalue weighted by molar-refractivity contribution is -0.104. The molecule has 0 unspecified atom stereocenters. The van der Waals surface area contributed by atoms with Crippen LogP contribution in [-0.2, 0) is 4.79 Å². The second-order valence-corrected chi connectivity index (χ2v) is 2.92. The van der Waals surface area contributed by atoms with Crippen molar-refractivity contribution in [3.8, 4) is 0 Å². The second kappa shape index (κ2) is 4.29. The van der Waals surface area contributed by atoms with E-state index in [4.69, 9.17) is 23.2 Å². The lowest BCUT2D eigenvalue weighted by atomic mass is 10.2. The summed E-state index contributed by atoms with van der Waals surface area (Å²) in [6, 6.07) is 5.26. The Labute approximate surface area is 80.6 Å². The first-order valence-electron chi connectivity index (χ1n) is 3.31. The summed E-state index contributed by atoms with van der Waals surface area (Å²) >= 11 is 11.6. The van der Waals surface area contributed by atoms with Crippen molar-refractivity contribution in [3.63, 3.8) is 0 Å². The first-order chi connectivity index (χ1) is 5.75. The number of allylic oxidation sites excluding steroid dienone is 1. The number of hydrogen-bond donors (Lipinski definition) is 0. The topological polar surface area (TPSA) is 17.1 Å². The molecule has 0 radical (unpaired) electrons. The van der Waals surface area contributed by atoms with Crippen molar-refractivity contribution >= 4 is 35.6 Å². The number of benzene rings is 1. The molecule has 0 aromatic heterocycles. The standard InChI is InChI=1S/C9H6Cl2O/c10-8-5-1-3-7(9(8)11)4-2-6-12/h1-6H. The van der Waals surface area contributed by atoms with E-state index < -0.39 is 0 Å². The first-order valence-corrected chi connectivity index (χ1v) is 4.07. The quantitative estimate of drug-likeness (QED) is 0.530. The molecule has 1 aromatic rings. The third-order valence-electron chi connectivity index (χ3n) is 1.34. The van der Waals surface area contributed by atoms with E-state index in [0.717, 1.165) is 5.56 Å². The van der Waals surface area contributed by atoms with Crippen molar-refractivity contribution in [1.29, 1.82) is 0 Å². The van der Waals surface area contributed by atoms with E-state index >= 15 is 0 Å². The van der Waals surface area contributed by atoms with Gasteiger partial charge in [0.15, 0.2) is 0 Å². The monoisotopic (exact) mass is 200 g/mol. The Morgan fingerprint density at radius 2 is 2.00 bits per heavy atom. The molecule has 0 amide bonds. The molecule has 1 nitrogen and oxygen atoms in total. The number of hydrogen-bond acceptors (Lipinski definition) is 1. The molecular weight excluding hydrogens is 195 g/mol. The van der Waals surface area contributed by atoms with Gasteiger partial charge in [0.05, 0.1) is 10.0 Å². The average Bonchev–Trinajstić information content (AvgIpc) is 2.08. The predicted molar refractivity (Wildman–Crippen MR) is 51.6 cm³/mol. The van der Waals surface area contributed by atoms with Gasteiger partial charge in [0, 0.05) is 0 Å². The fraction of sp³-hybridized carbons (Fsp3) is 0. The van der Waals surface area contributed by atoms with Crippen molar-refractivity contribution in [2.24, 2.45) is 0 Å². The summed E-state index contributed by atoms with van der Waals surface area (Å²) in [7, 11) is 0. The third-order valence-corrected chi connectivity index (χ3v) is 2.17. The SMILES string of the molecule is O=CC=Cc1cccc(Cl)c1Cl. The van der Waals surface area contributed by atoms with Crippen molar-refractivity contribution in [3.05, 3.63) is 39.9 Å². The smallest absolute Gasteiger partial charge is 0.142 e. The van der Waals surface area contributed by atoms with Gasteiger partial charge < -0.3 is 0 Å². The first kappa shape index (κ1) is 9.30. The maximum atomic E-state index is 10.0. The number of aldehydes is 1. The highest BCUT2D eigenvalue weighted by Gasteiger charge is 1.99.